The van der Waals surface area contributed by atoms with E-state index in [0.29, 0.717) is 12.0 Å². The van der Waals surface area contributed by atoms with Crippen molar-refractivity contribution in [1.29, 1.82) is 0 Å². The molecule has 0 aliphatic rings. The van der Waals surface area contributed by atoms with E-state index in [1.807, 2.05) is 12.5 Å². The van der Waals surface area contributed by atoms with Crippen LogP contribution in [0.2, 0.25) is 0 Å². The Morgan fingerprint density at radius 1 is 1.39 bits per heavy atom. The Labute approximate surface area is 111 Å². The number of aromatic nitrogens is 2. The van der Waals surface area contributed by atoms with Crippen LogP contribution in [0, 0.1) is 5.92 Å². The SMILES string of the molecule is CCNCc1cncn1C(CC(C)C)CN(C)C. The molecule has 0 saturated carbocycles. The van der Waals surface area contributed by atoms with Crippen LogP contribution < -0.4 is 5.32 Å². The lowest BCUT2D eigenvalue weighted by molar-refractivity contribution is 0.284. The Bertz CT molecular complexity index is 320. The molecule has 0 aliphatic heterocycles. The zero-order valence-electron chi connectivity index (χ0n) is 12.5. The largest absolute Gasteiger partial charge is 0.329 e. The normalized spacial score (nSPS) is 13.5. The van der Waals surface area contributed by atoms with Crippen molar-refractivity contribution in [3.8, 4) is 0 Å². The second-order valence-corrected chi connectivity index (χ2v) is 5.62. The molecule has 1 aromatic rings. The summed E-state index contributed by atoms with van der Waals surface area (Å²) in [5.41, 5.74) is 1.28. The highest BCUT2D eigenvalue weighted by atomic mass is 15.2. The molecule has 4 heteroatoms. The molecule has 0 bridgehead atoms. The Hall–Kier alpha value is -0.870. The van der Waals surface area contributed by atoms with Crippen LogP contribution in [0.3, 0.4) is 0 Å². The second kappa shape index (κ2) is 7.54. The van der Waals surface area contributed by atoms with E-state index in [2.05, 4.69) is 54.6 Å². The lowest BCUT2D eigenvalue weighted by Crippen LogP contribution is -2.27. The predicted octanol–water partition coefficient (Wildman–Crippen LogP) is 2.14. The first-order chi connectivity index (χ1) is 8.54. The Balaban J connectivity index is 2.79. The Morgan fingerprint density at radius 3 is 2.67 bits per heavy atom. The lowest BCUT2D eigenvalue weighted by atomic mass is 10.0. The second-order valence-electron chi connectivity index (χ2n) is 5.62. The van der Waals surface area contributed by atoms with E-state index < -0.39 is 0 Å². The first-order valence-corrected chi connectivity index (χ1v) is 6.90. The van der Waals surface area contributed by atoms with Crippen LogP contribution >= 0.6 is 0 Å². The zero-order valence-corrected chi connectivity index (χ0v) is 12.5. The van der Waals surface area contributed by atoms with Gasteiger partial charge in [0.1, 0.15) is 0 Å². The number of nitrogens with zero attached hydrogens (tertiary/aromatic N) is 3. The van der Waals surface area contributed by atoms with Gasteiger partial charge in [-0.2, -0.15) is 0 Å². The van der Waals surface area contributed by atoms with Crippen LogP contribution in [0.25, 0.3) is 0 Å². The van der Waals surface area contributed by atoms with Gasteiger partial charge in [0.15, 0.2) is 0 Å². The summed E-state index contributed by atoms with van der Waals surface area (Å²) in [6.45, 7) is 9.65. The minimum absolute atomic E-state index is 0.510. The van der Waals surface area contributed by atoms with Crippen LogP contribution in [0.15, 0.2) is 12.5 Å². The third-order valence-electron chi connectivity index (χ3n) is 3.02. The van der Waals surface area contributed by atoms with Crippen LogP contribution in [-0.2, 0) is 6.54 Å². The summed E-state index contributed by atoms with van der Waals surface area (Å²) in [7, 11) is 4.27. The van der Waals surface area contributed by atoms with Gasteiger partial charge in [0.05, 0.1) is 12.0 Å². The molecule has 104 valence electrons. The van der Waals surface area contributed by atoms with Gasteiger partial charge in [-0.05, 0) is 33.0 Å². The highest BCUT2D eigenvalue weighted by Crippen LogP contribution is 2.20. The fourth-order valence-corrected chi connectivity index (χ4v) is 2.29. The summed E-state index contributed by atoms with van der Waals surface area (Å²) in [6, 6.07) is 0.510. The topological polar surface area (TPSA) is 33.1 Å². The smallest absolute Gasteiger partial charge is 0.0951 e. The third-order valence-corrected chi connectivity index (χ3v) is 3.02. The van der Waals surface area contributed by atoms with Gasteiger partial charge in [-0.15, -0.1) is 0 Å². The molecule has 18 heavy (non-hydrogen) atoms. The van der Waals surface area contributed by atoms with Crippen molar-refractivity contribution in [1.82, 2.24) is 19.8 Å². The van der Waals surface area contributed by atoms with Crippen molar-refractivity contribution in [2.45, 2.75) is 39.8 Å². The number of nitrogens with one attached hydrogen (secondary N) is 1. The molecular weight excluding hydrogens is 224 g/mol. The van der Waals surface area contributed by atoms with Gasteiger partial charge in [0.2, 0.25) is 0 Å². The number of rotatable bonds is 8. The van der Waals surface area contributed by atoms with E-state index in [-0.39, 0.29) is 0 Å². The molecule has 1 N–H and O–H groups in total. The molecular formula is C14H28N4. The van der Waals surface area contributed by atoms with Crippen LogP contribution in [0.4, 0.5) is 0 Å². The van der Waals surface area contributed by atoms with Gasteiger partial charge in [-0.1, -0.05) is 20.8 Å². The maximum atomic E-state index is 4.31. The fourth-order valence-electron chi connectivity index (χ4n) is 2.29. The average Bonchev–Trinajstić information content (AvgIpc) is 2.72. The maximum absolute atomic E-state index is 4.31. The molecule has 0 saturated heterocycles. The van der Waals surface area contributed by atoms with Crippen molar-refractivity contribution in [3.05, 3.63) is 18.2 Å². The molecule has 1 unspecified atom stereocenters. The predicted molar refractivity (Wildman–Crippen MR) is 76.7 cm³/mol. The maximum Gasteiger partial charge on any atom is 0.0951 e. The minimum Gasteiger partial charge on any atom is -0.329 e. The van der Waals surface area contributed by atoms with E-state index in [1.54, 1.807) is 0 Å². The molecule has 0 aliphatic carbocycles. The molecule has 0 fully saturated rings. The first kappa shape index (κ1) is 15.2. The average molecular weight is 252 g/mol. The molecule has 0 aromatic carbocycles. The van der Waals surface area contributed by atoms with Gasteiger partial charge in [0, 0.05) is 25.3 Å². The number of hydrogen-bond donors (Lipinski definition) is 1. The van der Waals surface area contributed by atoms with Crippen LogP contribution in [-0.4, -0.2) is 41.6 Å². The Kier molecular flexibility index (Phi) is 6.36. The summed E-state index contributed by atoms with van der Waals surface area (Å²) < 4.78 is 2.34. The van der Waals surface area contributed by atoms with E-state index in [9.17, 15) is 0 Å². The van der Waals surface area contributed by atoms with Crippen LogP contribution in [0.5, 0.6) is 0 Å². The number of likely N-dealkylation sites (N-methyl/N-ethyl adjacent to an activating group) is 1. The summed E-state index contributed by atoms with van der Waals surface area (Å²) >= 11 is 0. The quantitative estimate of drug-likeness (QED) is 0.769. The fraction of sp³-hybridized carbons (Fsp3) is 0.786. The highest BCUT2D eigenvalue weighted by molar-refractivity contribution is 5.00. The highest BCUT2D eigenvalue weighted by Gasteiger charge is 2.16. The standard InChI is InChI=1S/C14H28N4/c1-6-15-8-14-9-16-11-18(14)13(7-12(2)3)10-17(4)5/h9,11-13,15H,6-8,10H2,1-5H3. The molecule has 0 radical (unpaired) electrons. The van der Waals surface area contributed by atoms with E-state index in [4.69, 9.17) is 0 Å². The first-order valence-electron chi connectivity index (χ1n) is 6.90. The lowest BCUT2D eigenvalue weighted by Gasteiger charge is -2.26. The van der Waals surface area contributed by atoms with Crippen molar-refractivity contribution in [2.75, 3.05) is 27.2 Å². The van der Waals surface area contributed by atoms with Gasteiger partial charge >= 0.3 is 0 Å². The van der Waals surface area contributed by atoms with Gasteiger partial charge in [0.25, 0.3) is 0 Å². The summed E-state index contributed by atoms with van der Waals surface area (Å²) in [4.78, 5) is 6.57. The third kappa shape index (κ3) is 4.78. The molecule has 1 atom stereocenters. The molecule has 0 amide bonds. The monoisotopic (exact) mass is 252 g/mol. The van der Waals surface area contributed by atoms with Gasteiger partial charge in [-0.25, -0.2) is 4.98 Å². The van der Waals surface area contributed by atoms with E-state index in [0.717, 1.165) is 19.6 Å². The molecule has 1 heterocycles. The summed E-state index contributed by atoms with van der Waals surface area (Å²) in [5.74, 6) is 0.698. The minimum atomic E-state index is 0.510. The van der Waals surface area contributed by atoms with E-state index >= 15 is 0 Å². The molecule has 0 spiro atoms. The number of imidazole rings is 1. The number of hydrogen-bond acceptors (Lipinski definition) is 3. The molecule has 1 aromatic heterocycles. The van der Waals surface area contributed by atoms with Crippen molar-refractivity contribution < 1.29 is 0 Å². The Morgan fingerprint density at radius 2 is 2.11 bits per heavy atom. The van der Waals surface area contributed by atoms with Gasteiger partial charge < -0.3 is 14.8 Å². The molecule has 4 nitrogen and oxygen atoms in total. The van der Waals surface area contributed by atoms with Crippen LogP contribution in [0.1, 0.15) is 38.9 Å². The summed E-state index contributed by atoms with van der Waals surface area (Å²) in [6.07, 6.45) is 5.14. The van der Waals surface area contributed by atoms with Gasteiger partial charge in [-0.3, -0.25) is 0 Å². The zero-order chi connectivity index (χ0) is 13.5. The molecule has 1 rings (SSSR count). The summed E-state index contributed by atoms with van der Waals surface area (Å²) in [5, 5.41) is 3.38. The van der Waals surface area contributed by atoms with Crippen molar-refractivity contribution in [3.63, 3.8) is 0 Å². The van der Waals surface area contributed by atoms with Crippen molar-refractivity contribution >= 4 is 0 Å². The van der Waals surface area contributed by atoms with Crippen molar-refractivity contribution in [2.24, 2.45) is 5.92 Å². The van der Waals surface area contributed by atoms with E-state index in [1.165, 1.54) is 12.1 Å².